The second-order valence-electron chi connectivity index (χ2n) is 8.53. The van der Waals surface area contributed by atoms with Crippen molar-refractivity contribution in [2.75, 3.05) is 50.4 Å². The lowest BCUT2D eigenvalue weighted by molar-refractivity contribution is 0.0890. The number of halogens is 1. The van der Waals surface area contributed by atoms with Gasteiger partial charge in [-0.15, -0.1) is 0 Å². The molecule has 3 N–H and O–H groups in total. The van der Waals surface area contributed by atoms with Crippen molar-refractivity contribution in [3.63, 3.8) is 0 Å². The first-order chi connectivity index (χ1) is 15.3. The van der Waals surface area contributed by atoms with Crippen LogP contribution in [0.25, 0.3) is 0 Å². The molecule has 0 radical (unpaired) electrons. The number of piperazine rings is 1. The molecule has 1 aliphatic heterocycles. The van der Waals surface area contributed by atoms with Gasteiger partial charge in [0, 0.05) is 55.7 Å². The minimum atomic E-state index is -0.425. The lowest BCUT2D eigenvalue weighted by Gasteiger charge is -2.39. The van der Waals surface area contributed by atoms with E-state index in [1.165, 1.54) is 18.2 Å². The van der Waals surface area contributed by atoms with Crippen LogP contribution in [0.4, 0.5) is 20.6 Å². The summed E-state index contributed by atoms with van der Waals surface area (Å²) in [7, 11) is 2.12. The van der Waals surface area contributed by atoms with Gasteiger partial charge in [0.25, 0.3) is 5.91 Å². The van der Waals surface area contributed by atoms with E-state index in [-0.39, 0.29) is 18.0 Å². The number of amides is 3. The van der Waals surface area contributed by atoms with Crippen LogP contribution in [0.1, 0.15) is 24.2 Å². The van der Waals surface area contributed by atoms with Crippen molar-refractivity contribution in [2.24, 2.45) is 5.92 Å². The van der Waals surface area contributed by atoms with Crippen molar-refractivity contribution < 1.29 is 14.0 Å². The Hall–Kier alpha value is -2.97. The lowest BCUT2D eigenvalue weighted by atomic mass is 10.0. The van der Waals surface area contributed by atoms with E-state index in [0.29, 0.717) is 29.4 Å². The fourth-order valence-corrected chi connectivity index (χ4v) is 3.82. The lowest BCUT2D eigenvalue weighted by Crippen LogP contribution is -2.54. The molecule has 2 aromatic carbocycles. The quantitative estimate of drug-likeness (QED) is 0.615. The second kappa shape index (κ2) is 11.1. The van der Waals surface area contributed by atoms with Gasteiger partial charge in [-0.1, -0.05) is 26.0 Å². The average Bonchev–Trinajstić information content (AvgIpc) is 2.75. The smallest absolute Gasteiger partial charge is 0.319 e. The number of benzene rings is 2. The number of nitrogens with one attached hydrogen (secondary N) is 3. The zero-order chi connectivity index (χ0) is 23.1. The van der Waals surface area contributed by atoms with E-state index in [2.05, 4.69) is 46.6 Å². The van der Waals surface area contributed by atoms with E-state index >= 15 is 0 Å². The van der Waals surface area contributed by atoms with Crippen LogP contribution in [0, 0.1) is 11.7 Å². The van der Waals surface area contributed by atoms with Gasteiger partial charge in [0.05, 0.1) is 0 Å². The summed E-state index contributed by atoms with van der Waals surface area (Å²) in [6.45, 7) is 8.93. The summed E-state index contributed by atoms with van der Waals surface area (Å²) in [6, 6.07) is 12.3. The van der Waals surface area contributed by atoms with Crippen molar-refractivity contribution in [1.29, 1.82) is 0 Å². The van der Waals surface area contributed by atoms with Crippen molar-refractivity contribution in [1.82, 2.24) is 15.1 Å². The minimum absolute atomic E-state index is 0.262. The van der Waals surface area contributed by atoms with Gasteiger partial charge < -0.3 is 20.9 Å². The van der Waals surface area contributed by atoms with Crippen molar-refractivity contribution in [2.45, 2.75) is 19.9 Å². The highest BCUT2D eigenvalue weighted by molar-refractivity contribution is 6.05. The topological polar surface area (TPSA) is 76.7 Å². The third-order valence-electron chi connectivity index (χ3n) is 5.71. The van der Waals surface area contributed by atoms with E-state index in [1.54, 1.807) is 30.3 Å². The number of carbonyl (C=O) groups excluding carboxylic acids is 2. The van der Waals surface area contributed by atoms with Gasteiger partial charge >= 0.3 is 6.03 Å². The van der Waals surface area contributed by atoms with E-state index in [4.69, 9.17) is 0 Å². The Labute approximate surface area is 189 Å². The van der Waals surface area contributed by atoms with Crippen LogP contribution in [-0.2, 0) is 0 Å². The standard InChI is InChI=1S/C24H32FN5O2/c1-17(2)22(30-12-10-29(3)11-13-30)16-26-24(32)28-20-8-4-6-18(14-20)23(31)27-21-9-5-7-19(25)15-21/h4-9,14-15,17,22H,10-13,16H2,1-3H3,(H,27,31)(H2,26,28,32). The first-order valence-electron chi connectivity index (χ1n) is 11.0. The number of anilines is 2. The molecule has 7 nitrogen and oxygen atoms in total. The van der Waals surface area contributed by atoms with Gasteiger partial charge in [-0.05, 0) is 49.4 Å². The van der Waals surface area contributed by atoms with Gasteiger partial charge in [0.15, 0.2) is 0 Å². The Balaban J connectivity index is 1.55. The molecule has 1 fully saturated rings. The van der Waals surface area contributed by atoms with E-state index < -0.39 is 5.82 Å². The molecule has 3 rings (SSSR count). The highest BCUT2D eigenvalue weighted by Gasteiger charge is 2.25. The second-order valence-corrected chi connectivity index (χ2v) is 8.53. The Morgan fingerprint density at radius 2 is 1.62 bits per heavy atom. The number of urea groups is 1. The maximum atomic E-state index is 13.3. The fourth-order valence-electron chi connectivity index (χ4n) is 3.82. The molecule has 2 aromatic rings. The molecular weight excluding hydrogens is 409 g/mol. The first kappa shape index (κ1) is 23.7. The van der Waals surface area contributed by atoms with Crippen LogP contribution in [0.5, 0.6) is 0 Å². The average molecular weight is 442 g/mol. The zero-order valence-corrected chi connectivity index (χ0v) is 18.9. The number of carbonyl (C=O) groups is 2. The Kier molecular flexibility index (Phi) is 8.19. The molecule has 0 saturated carbocycles. The highest BCUT2D eigenvalue weighted by Crippen LogP contribution is 2.16. The molecule has 1 heterocycles. The normalized spacial score (nSPS) is 15.9. The number of rotatable bonds is 7. The summed E-state index contributed by atoms with van der Waals surface area (Å²) in [4.78, 5) is 29.7. The molecule has 1 atom stereocenters. The molecule has 0 aromatic heterocycles. The number of nitrogens with zero attached hydrogens (tertiary/aromatic N) is 2. The van der Waals surface area contributed by atoms with Gasteiger partial charge in [-0.3, -0.25) is 9.69 Å². The van der Waals surface area contributed by atoms with Crippen LogP contribution in [0.15, 0.2) is 48.5 Å². The maximum absolute atomic E-state index is 13.3. The summed E-state index contributed by atoms with van der Waals surface area (Å²) in [5.41, 5.74) is 1.24. The minimum Gasteiger partial charge on any atom is -0.336 e. The zero-order valence-electron chi connectivity index (χ0n) is 18.9. The molecule has 0 spiro atoms. The molecule has 3 amide bonds. The van der Waals surface area contributed by atoms with Gasteiger partial charge in [0.1, 0.15) is 5.82 Å². The fraction of sp³-hybridized carbons (Fsp3) is 0.417. The third kappa shape index (κ3) is 6.77. The summed E-state index contributed by atoms with van der Waals surface area (Å²) in [6.07, 6.45) is 0. The summed E-state index contributed by atoms with van der Waals surface area (Å²) >= 11 is 0. The molecular formula is C24H32FN5O2. The molecule has 0 aliphatic carbocycles. The number of hydrogen-bond acceptors (Lipinski definition) is 4. The highest BCUT2D eigenvalue weighted by atomic mass is 19.1. The SMILES string of the molecule is CC(C)C(CNC(=O)Nc1cccc(C(=O)Nc2cccc(F)c2)c1)N1CCN(C)CC1. The van der Waals surface area contributed by atoms with Crippen molar-refractivity contribution >= 4 is 23.3 Å². The molecule has 0 bridgehead atoms. The number of hydrogen-bond donors (Lipinski definition) is 3. The number of likely N-dealkylation sites (N-methyl/N-ethyl adjacent to an activating group) is 1. The molecule has 172 valence electrons. The van der Waals surface area contributed by atoms with Crippen LogP contribution in [0.3, 0.4) is 0 Å². The third-order valence-corrected chi connectivity index (χ3v) is 5.71. The molecule has 32 heavy (non-hydrogen) atoms. The largest absolute Gasteiger partial charge is 0.336 e. The molecule has 1 saturated heterocycles. The summed E-state index contributed by atoms with van der Waals surface area (Å²) in [5, 5.41) is 8.42. The van der Waals surface area contributed by atoms with Crippen molar-refractivity contribution in [3.05, 3.63) is 59.9 Å². The van der Waals surface area contributed by atoms with Crippen LogP contribution in [0.2, 0.25) is 0 Å². The van der Waals surface area contributed by atoms with Crippen LogP contribution < -0.4 is 16.0 Å². The Morgan fingerprint density at radius 3 is 2.28 bits per heavy atom. The summed E-state index contributed by atoms with van der Waals surface area (Å²) in [5.74, 6) is -0.394. The molecule has 1 unspecified atom stereocenters. The predicted octanol–water partition coefficient (Wildman–Crippen LogP) is 3.47. The first-order valence-corrected chi connectivity index (χ1v) is 11.0. The van der Waals surface area contributed by atoms with Crippen LogP contribution >= 0.6 is 0 Å². The maximum Gasteiger partial charge on any atom is 0.319 e. The van der Waals surface area contributed by atoms with E-state index in [0.717, 1.165) is 26.2 Å². The summed E-state index contributed by atoms with van der Waals surface area (Å²) < 4.78 is 13.3. The predicted molar refractivity (Wildman–Crippen MR) is 126 cm³/mol. The molecule has 1 aliphatic rings. The van der Waals surface area contributed by atoms with Gasteiger partial charge in [0.2, 0.25) is 0 Å². The van der Waals surface area contributed by atoms with Crippen molar-refractivity contribution in [3.8, 4) is 0 Å². The Bertz CT molecular complexity index is 928. The van der Waals surface area contributed by atoms with E-state index in [1.807, 2.05) is 0 Å². The Morgan fingerprint density at radius 1 is 0.969 bits per heavy atom. The monoisotopic (exact) mass is 441 g/mol. The van der Waals surface area contributed by atoms with Crippen LogP contribution in [-0.4, -0.2) is 67.6 Å². The van der Waals surface area contributed by atoms with Gasteiger partial charge in [-0.25, -0.2) is 9.18 Å². The van der Waals surface area contributed by atoms with Gasteiger partial charge in [-0.2, -0.15) is 0 Å². The molecule has 8 heteroatoms. The van der Waals surface area contributed by atoms with E-state index in [9.17, 15) is 14.0 Å².